The third kappa shape index (κ3) is 4.05. The zero-order chi connectivity index (χ0) is 18.7. The minimum absolute atomic E-state index is 0.359. The van der Waals surface area contributed by atoms with Crippen LogP contribution in [0.2, 0.25) is 0 Å². The summed E-state index contributed by atoms with van der Waals surface area (Å²) in [7, 11) is 2.79. The van der Waals surface area contributed by atoms with E-state index in [9.17, 15) is 25.5 Å². The summed E-state index contributed by atoms with van der Waals surface area (Å²) in [6, 6.07) is -1.38. The molecule has 25 heavy (non-hydrogen) atoms. The Morgan fingerprint density at radius 3 is 2.28 bits per heavy atom. The van der Waals surface area contributed by atoms with Crippen LogP contribution < -0.4 is 5.32 Å². The first-order valence-corrected chi connectivity index (χ1v) is 8.40. The van der Waals surface area contributed by atoms with Crippen molar-refractivity contribution in [3.05, 3.63) is 11.6 Å². The van der Waals surface area contributed by atoms with Crippen molar-refractivity contribution in [2.45, 2.75) is 68.3 Å². The molecular formula is C16H29NO8. The lowest BCUT2D eigenvalue weighted by Gasteiger charge is -2.46. The molecule has 0 aromatic heterocycles. The maximum atomic E-state index is 10.3. The van der Waals surface area contributed by atoms with Crippen LogP contribution in [0, 0.1) is 0 Å². The maximum absolute atomic E-state index is 10.3. The van der Waals surface area contributed by atoms with Gasteiger partial charge in [-0.1, -0.05) is 13.0 Å². The molecule has 1 aliphatic carbocycles. The molecule has 146 valence electrons. The van der Waals surface area contributed by atoms with E-state index in [0.717, 1.165) is 0 Å². The smallest absolute Gasteiger partial charge is 0.186 e. The van der Waals surface area contributed by atoms with Gasteiger partial charge in [0.05, 0.1) is 18.7 Å². The third-order valence-corrected chi connectivity index (χ3v) is 4.97. The number of hydrogen-bond donors (Lipinski definition) is 6. The number of rotatable bonds is 6. The molecule has 6 N–H and O–H groups in total. The van der Waals surface area contributed by atoms with Gasteiger partial charge >= 0.3 is 0 Å². The summed E-state index contributed by atoms with van der Waals surface area (Å²) >= 11 is 0. The Labute approximate surface area is 146 Å². The van der Waals surface area contributed by atoms with E-state index in [1.165, 1.54) is 14.2 Å². The summed E-state index contributed by atoms with van der Waals surface area (Å²) in [6.07, 6.45) is -5.17. The van der Waals surface area contributed by atoms with Gasteiger partial charge in [0.25, 0.3) is 0 Å². The predicted molar refractivity (Wildman–Crippen MR) is 86.7 cm³/mol. The zero-order valence-electron chi connectivity index (χ0n) is 14.6. The minimum atomic E-state index is -1.34. The molecule has 9 nitrogen and oxygen atoms in total. The van der Waals surface area contributed by atoms with Crippen LogP contribution in [0.3, 0.4) is 0 Å². The lowest BCUT2D eigenvalue weighted by molar-refractivity contribution is -0.277. The van der Waals surface area contributed by atoms with E-state index in [-0.39, 0.29) is 6.61 Å². The van der Waals surface area contributed by atoms with Gasteiger partial charge in [0.15, 0.2) is 6.29 Å². The van der Waals surface area contributed by atoms with Crippen LogP contribution in [0.5, 0.6) is 0 Å². The highest BCUT2D eigenvalue weighted by Gasteiger charge is 2.47. The molecule has 0 bridgehead atoms. The summed E-state index contributed by atoms with van der Waals surface area (Å²) < 4.78 is 16.0. The van der Waals surface area contributed by atoms with E-state index in [1.807, 2.05) is 6.92 Å². The fraction of sp³-hybridized carbons (Fsp3) is 0.875. The molecule has 0 amide bonds. The normalized spacial score (nSPS) is 45.3. The molecule has 9 unspecified atom stereocenters. The second-order valence-electron chi connectivity index (χ2n) is 6.39. The van der Waals surface area contributed by atoms with E-state index in [4.69, 9.17) is 14.2 Å². The lowest BCUT2D eigenvalue weighted by Crippen LogP contribution is -2.68. The molecule has 0 radical (unpaired) electrons. The molecule has 9 heteroatoms. The largest absolute Gasteiger partial charge is 0.394 e. The highest BCUT2D eigenvalue weighted by molar-refractivity contribution is 5.21. The number of nitrogens with one attached hydrogen (secondary N) is 1. The van der Waals surface area contributed by atoms with Crippen LogP contribution in [-0.2, 0) is 14.2 Å². The van der Waals surface area contributed by atoms with Crippen LogP contribution in [-0.4, -0.2) is 101 Å². The van der Waals surface area contributed by atoms with Crippen LogP contribution in [0.25, 0.3) is 0 Å². The van der Waals surface area contributed by atoms with Gasteiger partial charge in [-0.15, -0.1) is 0 Å². The SMILES string of the molecule is CCC1=CC(NC2C(CO)OC(OC)C(O)C2OC)C(O)C(O)C1O. The van der Waals surface area contributed by atoms with Crippen molar-refractivity contribution in [2.24, 2.45) is 0 Å². The molecule has 0 aromatic rings. The Bertz CT molecular complexity index is 461. The number of hydrogen-bond acceptors (Lipinski definition) is 9. The van der Waals surface area contributed by atoms with Gasteiger partial charge in [0.1, 0.15) is 36.6 Å². The van der Waals surface area contributed by atoms with E-state index < -0.39 is 55.0 Å². The molecule has 0 saturated carbocycles. The van der Waals surface area contributed by atoms with Gasteiger partial charge in [-0.3, -0.25) is 0 Å². The van der Waals surface area contributed by atoms with Crippen LogP contribution >= 0.6 is 0 Å². The first kappa shape index (κ1) is 20.7. The van der Waals surface area contributed by atoms with E-state index in [2.05, 4.69) is 5.32 Å². The second kappa shape index (κ2) is 8.85. The average Bonchev–Trinajstić information content (AvgIpc) is 2.62. The lowest BCUT2D eigenvalue weighted by atomic mass is 9.85. The number of methoxy groups -OCH3 is 2. The molecule has 2 aliphatic rings. The molecule has 9 atom stereocenters. The third-order valence-electron chi connectivity index (χ3n) is 4.97. The standard InChI is InChI=1S/C16H29NO8/c1-4-7-5-8(12(20)13(21)11(7)19)17-10-9(6-18)25-16(24-3)14(22)15(10)23-2/h5,8-22H,4,6H2,1-3H3. The molecule has 1 fully saturated rings. The van der Waals surface area contributed by atoms with Gasteiger partial charge in [-0.05, 0) is 12.0 Å². The quantitative estimate of drug-likeness (QED) is 0.282. The Kier molecular flexibility index (Phi) is 7.32. The van der Waals surface area contributed by atoms with Crippen LogP contribution in [0.1, 0.15) is 13.3 Å². The molecule has 0 aromatic carbocycles. The molecule has 0 spiro atoms. The summed E-state index contributed by atoms with van der Waals surface area (Å²) in [6.45, 7) is 1.48. The molecule has 1 heterocycles. The van der Waals surface area contributed by atoms with Crippen molar-refractivity contribution in [3.63, 3.8) is 0 Å². The second-order valence-corrected chi connectivity index (χ2v) is 6.39. The summed E-state index contributed by atoms with van der Waals surface area (Å²) in [4.78, 5) is 0. The minimum Gasteiger partial charge on any atom is -0.394 e. The Morgan fingerprint density at radius 1 is 1.08 bits per heavy atom. The van der Waals surface area contributed by atoms with E-state index in [1.54, 1.807) is 6.08 Å². The van der Waals surface area contributed by atoms with Gasteiger partial charge in [-0.25, -0.2) is 0 Å². The van der Waals surface area contributed by atoms with Crippen LogP contribution in [0.4, 0.5) is 0 Å². The van der Waals surface area contributed by atoms with Crippen molar-refractivity contribution in [3.8, 4) is 0 Å². The fourth-order valence-electron chi connectivity index (χ4n) is 3.50. The monoisotopic (exact) mass is 363 g/mol. The van der Waals surface area contributed by atoms with Crippen molar-refractivity contribution >= 4 is 0 Å². The topological polar surface area (TPSA) is 141 Å². The van der Waals surface area contributed by atoms with Gasteiger partial charge in [0, 0.05) is 14.2 Å². The average molecular weight is 363 g/mol. The van der Waals surface area contributed by atoms with Crippen molar-refractivity contribution in [1.82, 2.24) is 5.32 Å². The highest BCUT2D eigenvalue weighted by atomic mass is 16.7. The summed E-state index contributed by atoms with van der Waals surface area (Å²) in [5.74, 6) is 0. The molecule has 2 rings (SSSR count). The van der Waals surface area contributed by atoms with E-state index >= 15 is 0 Å². The van der Waals surface area contributed by atoms with Gasteiger partial charge in [-0.2, -0.15) is 0 Å². The number of aliphatic hydroxyl groups excluding tert-OH is 5. The molecular weight excluding hydrogens is 334 g/mol. The highest BCUT2D eigenvalue weighted by Crippen LogP contribution is 2.27. The molecule has 1 saturated heterocycles. The zero-order valence-corrected chi connectivity index (χ0v) is 14.6. The first-order chi connectivity index (χ1) is 11.9. The maximum Gasteiger partial charge on any atom is 0.186 e. The van der Waals surface area contributed by atoms with Crippen molar-refractivity contribution in [1.29, 1.82) is 0 Å². The summed E-state index contributed by atoms with van der Waals surface area (Å²) in [5.41, 5.74) is 0.594. The first-order valence-electron chi connectivity index (χ1n) is 8.40. The molecule has 1 aliphatic heterocycles. The predicted octanol–water partition coefficient (Wildman–Crippen LogP) is -2.51. The fourth-order valence-corrected chi connectivity index (χ4v) is 3.50. The summed E-state index contributed by atoms with van der Waals surface area (Å²) in [5, 5.41) is 53.4. The number of ether oxygens (including phenoxy) is 3. The Hall–Kier alpha value is -0.620. The number of aliphatic hydroxyl groups is 5. The van der Waals surface area contributed by atoms with Crippen molar-refractivity contribution < 1.29 is 39.7 Å². The Morgan fingerprint density at radius 2 is 1.76 bits per heavy atom. The van der Waals surface area contributed by atoms with Crippen molar-refractivity contribution in [2.75, 3.05) is 20.8 Å². The van der Waals surface area contributed by atoms with Crippen LogP contribution in [0.15, 0.2) is 11.6 Å². The van der Waals surface area contributed by atoms with Gasteiger partial charge < -0.3 is 45.1 Å². The van der Waals surface area contributed by atoms with E-state index in [0.29, 0.717) is 12.0 Å². The Balaban J connectivity index is 2.24. The van der Waals surface area contributed by atoms with Gasteiger partial charge in [0.2, 0.25) is 0 Å².